The molecule has 1 N–H and O–H groups in total. The van der Waals surface area contributed by atoms with Gasteiger partial charge in [-0.05, 0) is 55.9 Å². The first-order valence-electron chi connectivity index (χ1n) is 11.6. The molecule has 2 amide bonds. The Morgan fingerprint density at radius 1 is 1.09 bits per heavy atom. The van der Waals surface area contributed by atoms with Crippen LogP contribution in [-0.4, -0.2) is 38.9 Å². The average molecular weight is 445 g/mol. The summed E-state index contributed by atoms with van der Waals surface area (Å²) in [6, 6.07) is 16.3. The van der Waals surface area contributed by atoms with Gasteiger partial charge in [0.1, 0.15) is 6.54 Å². The van der Waals surface area contributed by atoms with E-state index in [9.17, 15) is 9.59 Å². The second-order valence-electron chi connectivity index (χ2n) is 9.35. The maximum Gasteiger partial charge on any atom is 0.246 e. The van der Waals surface area contributed by atoms with Crippen LogP contribution in [0, 0.1) is 19.8 Å². The fourth-order valence-electron chi connectivity index (χ4n) is 3.88. The topological polar surface area (TPSA) is 67.2 Å². The van der Waals surface area contributed by atoms with Crippen molar-refractivity contribution in [2.24, 2.45) is 5.92 Å². The van der Waals surface area contributed by atoms with E-state index >= 15 is 0 Å². The van der Waals surface area contributed by atoms with Crippen LogP contribution in [-0.2, 0) is 9.59 Å². The van der Waals surface area contributed by atoms with Crippen molar-refractivity contribution in [2.75, 3.05) is 11.9 Å². The van der Waals surface area contributed by atoms with E-state index in [1.165, 1.54) is 11.1 Å². The summed E-state index contributed by atoms with van der Waals surface area (Å²) in [6.45, 7) is 8.24. The highest BCUT2D eigenvalue weighted by atomic mass is 16.2. The van der Waals surface area contributed by atoms with Crippen molar-refractivity contribution in [1.29, 1.82) is 0 Å². The quantitative estimate of drug-likeness (QED) is 0.524. The molecule has 1 aliphatic carbocycles. The summed E-state index contributed by atoms with van der Waals surface area (Å²) < 4.78 is 1.91. The van der Waals surface area contributed by atoms with Gasteiger partial charge in [-0.25, -0.2) is 4.98 Å². The highest BCUT2D eigenvalue weighted by Crippen LogP contribution is 2.29. The maximum atomic E-state index is 13.0. The first kappa shape index (κ1) is 22.8. The number of benzene rings is 2. The fourth-order valence-corrected chi connectivity index (χ4v) is 3.88. The van der Waals surface area contributed by atoms with Gasteiger partial charge in [-0.1, -0.05) is 50.2 Å². The molecular weight excluding hydrogens is 412 g/mol. The van der Waals surface area contributed by atoms with Crippen molar-refractivity contribution in [3.8, 4) is 16.9 Å². The Kier molecular flexibility index (Phi) is 6.63. The standard InChI is InChI=1S/C27H32N4O2/c1-18(2)14-26(33)30(22-12-13-22)17-25(32)29-27-28-24(21-8-6-5-7-9-21)16-31(27)23-11-10-19(3)20(4)15-23/h5-11,15-16,18,22H,12-14,17H2,1-4H3,(H,28,29,32). The second kappa shape index (κ2) is 9.61. The molecule has 0 atom stereocenters. The molecule has 4 rings (SSSR count). The summed E-state index contributed by atoms with van der Waals surface area (Å²) in [5, 5.41) is 2.97. The SMILES string of the molecule is Cc1ccc(-n2cc(-c3ccccc3)nc2NC(=O)CN(C(=O)CC(C)C)C2CC2)cc1C. The van der Waals surface area contributed by atoms with Crippen molar-refractivity contribution in [3.05, 3.63) is 65.9 Å². The van der Waals surface area contributed by atoms with Gasteiger partial charge >= 0.3 is 0 Å². The molecular formula is C27H32N4O2. The minimum absolute atomic E-state index is 0.0464. The van der Waals surface area contributed by atoms with E-state index < -0.39 is 0 Å². The molecule has 33 heavy (non-hydrogen) atoms. The molecule has 0 radical (unpaired) electrons. The molecule has 6 nitrogen and oxygen atoms in total. The van der Waals surface area contributed by atoms with E-state index in [4.69, 9.17) is 4.98 Å². The van der Waals surface area contributed by atoms with E-state index in [1.54, 1.807) is 4.90 Å². The van der Waals surface area contributed by atoms with Crippen LogP contribution < -0.4 is 5.32 Å². The number of aryl methyl sites for hydroxylation is 2. The number of rotatable bonds is 8. The van der Waals surface area contributed by atoms with Gasteiger partial charge in [0.25, 0.3) is 0 Å². The Morgan fingerprint density at radius 3 is 2.45 bits per heavy atom. The molecule has 0 bridgehead atoms. The lowest BCUT2D eigenvalue weighted by Gasteiger charge is -2.22. The molecule has 0 spiro atoms. The minimum Gasteiger partial charge on any atom is -0.330 e. The third-order valence-electron chi connectivity index (χ3n) is 6.00. The van der Waals surface area contributed by atoms with Crippen LogP contribution in [0.4, 0.5) is 5.95 Å². The van der Waals surface area contributed by atoms with Crippen LogP contribution in [0.2, 0.25) is 0 Å². The van der Waals surface area contributed by atoms with Crippen molar-refractivity contribution >= 4 is 17.8 Å². The number of aromatic nitrogens is 2. The van der Waals surface area contributed by atoms with Gasteiger partial charge in [0.05, 0.1) is 5.69 Å². The van der Waals surface area contributed by atoms with Gasteiger partial charge in [-0.3, -0.25) is 19.5 Å². The number of nitrogens with one attached hydrogen (secondary N) is 1. The van der Waals surface area contributed by atoms with E-state index in [2.05, 4.69) is 31.3 Å². The summed E-state index contributed by atoms with van der Waals surface area (Å²) in [4.78, 5) is 32.2. The lowest BCUT2D eigenvalue weighted by atomic mass is 10.1. The monoisotopic (exact) mass is 444 g/mol. The number of imidazole rings is 1. The van der Waals surface area contributed by atoms with Crippen LogP contribution in [0.1, 0.15) is 44.2 Å². The van der Waals surface area contributed by atoms with Crippen molar-refractivity contribution in [3.63, 3.8) is 0 Å². The van der Waals surface area contributed by atoms with E-state index in [0.717, 1.165) is 29.8 Å². The summed E-state index contributed by atoms with van der Waals surface area (Å²) in [6.07, 6.45) is 4.33. The molecule has 1 fully saturated rings. The predicted molar refractivity (Wildman–Crippen MR) is 131 cm³/mol. The van der Waals surface area contributed by atoms with E-state index in [1.807, 2.05) is 61.0 Å². The van der Waals surface area contributed by atoms with Crippen LogP contribution >= 0.6 is 0 Å². The van der Waals surface area contributed by atoms with Crippen LogP contribution in [0.5, 0.6) is 0 Å². The summed E-state index contributed by atoms with van der Waals surface area (Å²) in [7, 11) is 0. The molecule has 0 aliphatic heterocycles. The largest absolute Gasteiger partial charge is 0.330 e. The van der Waals surface area contributed by atoms with E-state index in [0.29, 0.717) is 12.4 Å². The minimum atomic E-state index is -0.227. The zero-order valence-corrected chi connectivity index (χ0v) is 19.8. The van der Waals surface area contributed by atoms with Gasteiger partial charge < -0.3 is 4.90 Å². The van der Waals surface area contributed by atoms with Gasteiger partial charge in [0, 0.05) is 29.9 Å². The number of hydrogen-bond acceptors (Lipinski definition) is 3. The third kappa shape index (κ3) is 5.51. The fraction of sp³-hybridized carbons (Fsp3) is 0.370. The van der Waals surface area contributed by atoms with Crippen molar-refractivity contribution < 1.29 is 9.59 Å². The molecule has 1 aromatic heterocycles. The molecule has 6 heteroatoms. The maximum absolute atomic E-state index is 13.0. The second-order valence-corrected chi connectivity index (χ2v) is 9.35. The number of hydrogen-bond donors (Lipinski definition) is 1. The number of carbonyl (C=O) groups excluding carboxylic acids is 2. The van der Waals surface area contributed by atoms with Gasteiger partial charge in [-0.2, -0.15) is 0 Å². The molecule has 2 aromatic carbocycles. The molecule has 0 saturated heterocycles. The number of carbonyl (C=O) groups is 2. The smallest absolute Gasteiger partial charge is 0.246 e. The zero-order valence-electron chi connectivity index (χ0n) is 19.8. The molecule has 0 unspecified atom stereocenters. The third-order valence-corrected chi connectivity index (χ3v) is 6.00. The number of nitrogens with zero attached hydrogens (tertiary/aromatic N) is 3. The Hall–Kier alpha value is -3.41. The van der Waals surface area contributed by atoms with Crippen LogP contribution in [0.25, 0.3) is 16.9 Å². The number of amides is 2. The van der Waals surface area contributed by atoms with E-state index in [-0.39, 0.29) is 30.3 Å². The highest BCUT2D eigenvalue weighted by Gasteiger charge is 2.34. The molecule has 172 valence electrons. The lowest BCUT2D eigenvalue weighted by molar-refractivity contribution is -0.135. The first-order chi connectivity index (χ1) is 15.8. The Balaban J connectivity index is 1.61. The molecule has 1 heterocycles. The van der Waals surface area contributed by atoms with Crippen molar-refractivity contribution in [2.45, 2.75) is 53.0 Å². The van der Waals surface area contributed by atoms with Gasteiger partial charge in [0.15, 0.2) is 0 Å². The summed E-state index contributed by atoms with van der Waals surface area (Å²) >= 11 is 0. The summed E-state index contributed by atoms with van der Waals surface area (Å²) in [5.41, 5.74) is 5.05. The Bertz CT molecular complexity index is 1150. The van der Waals surface area contributed by atoms with Gasteiger partial charge in [-0.15, -0.1) is 0 Å². The normalized spacial score (nSPS) is 13.2. The first-order valence-corrected chi connectivity index (χ1v) is 11.6. The Morgan fingerprint density at radius 2 is 1.82 bits per heavy atom. The Labute approximate surface area is 195 Å². The van der Waals surface area contributed by atoms with Crippen LogP contribution in [0.3, 0.4) is 0 Å². The summed E-state index contributed by atoms with van der Waals surface area (Å²) in [5.74, 6) is 0.535. The average Bonchev–Trinajstić information content (AvgIpc) is 3.54. The zero-order chi connectivity index (χ0) is 23.5. The molecule has 1 aliphatic rings. The predicted octanol–water partition coefficient (Wildman–Crippen LogP) is 5.13. The van der Waals surface area contributed by atoms with Crippen LogP contribution in [0.15, 0.2) is 54.7 Å². The lowest BCUT2D eigenvalue weighted by Crippen LogP contribution is -2.40. The molecule has 3 aromatic rings. The van der Waals surface area contributed by atoms with Gasteiger partial charge in [0.2, 0.25) is 17.8 Å². The molecule has 1 saturated carbocycles. The van der Waals surface area contributed by atoms with Crippen molar-refractivity contribution in [1.82, 2.24) is 14.5 Å². The number of anilines is 1. The highest BCUT2D eigenvalue weighted by molar-refractivity contribution is 5.94.